The summed E-state index contributed by atoms with van der Waals surface area (Å²) in [4.78, 5) is 0. The van der Waals surface area contributed by atoms with Crippen molar-refractivity contribution >= 4 is 0 Å². The van der Waals surface area contributed by atoms with E-state index in [0.717, 1.165) is 11.8 Å². The smallest absolute Gasteiger partial charge is 0.00463 e. The van der Waals surface area contributed by atoms with E-state index in [1.165, 1.54) is 51.6 Å². The van der Waals surface area contributed by atoms with Crippen molar-refractivity contribution in [2.75, 3.05) is 13.1 Å². The molecule has 0 aromatic carbocycles. The van der Waals surface area contributed by atoms with E-state index in [0.29, 0.717) is 0 Å². The molecule has 1 rings (SSSR count). The highest BCUT2D eigenvalue weighted by Gasteiger charge is 2.17. The van der Waals surface area contributed by atoms with E-state index in [2.05, 4.69) is 19.2 Å². The first kappa shape index (κ1) is 11.0. The van der Waals surface area contributed by atoms with Crippen molar-refractivity contribution in [3.63, 3.8) is 0 Å². The van der Waals surface area contributed by atoms with Crippen LogP contribution < -0.4 is 5.32 Å². The minimum absolute atomic E-state index is 1.000. The van der Waals surface area contributed by atoms with Crippen LogP contribution in [0.1, 0.15) is 52.4 Å². The van der Waals surface area contributed by atoms with Crippen molar-refractivity contribution in [3.05, 3.63) is 0 Å². The fourth-order valence-corrected chi connectivity index (χ4v) is 2.23. The van der Waals surface area contributed by atoms with Gasteiger partial charge in [-0.25, -0.2) is 0 Å². The molecule has 1 aliphatic rings. The molecule has 1 saturated carbocycles. The lowest BCUT2D eigenvalue weighted by atomic mass is 9.81. The van der Waals surface area contributed by atoms with Gasteiger partial charge in [0, 0.05) is 0 Å². The number of nitrogens with one attached hydrogen (secondary N) is 1. The first-order valence-corrected chi connectivity index (χ1v) is 6.03. The Balaban J connectivity index is 1.96. The van der Waals surface area contributed by atoms with Gasteiger partial charge in [0.05, 0.1) is 0 Å². The van der Waals surface area contributed by atoms with Crippen LogP contribution in [0.5, 0.6) is 0 Å². The molecule has 13 heavy (non-hydrogen) atoms. The predicted molar refractivity (Wildman–Crippen MR) is 58.9 cm³/mol. The Morgan fingerprint density at radius 3 is 2.38 bits per heavy atom. The highest BCUT2D eigenvalue weighted by atomic mass is 14.8. The fourth-order valence-electron chi connectivity index (χ4n) is 2.23. The van der Waals surface area contributed by atoms with E-state index in [1.54, 1.807) is 0 Å². The summed E-state index contributed by atoms with van der Waals surface area (Å²) in [5.41, 5.74) is 0. The Bertz CT molecular complexity index is 114. The van der Waals surface area contributed by atoms with Crippen LogP contribution in [0, 0.1) is 11.8 Å². The Labute approximate surface area is 83.3 Å². The van der Waals surface area contributed by atoms with Gasteiger partial charge in [-0.2, -0.15) is 0 Å². The van der Waals surface area contributed by atoms with Crippen LogP contribution in [0.25, 0.3) is 0 Å². The number of rotatable bonds is 5. The minimum Gasteiger partial charge on any atom is -0.317 e. The van der Waals surface area contributed by atoms with Crippen molar-refractivity contribution in [1.82, 2.24) is 5.32 Å². The summed E-state index contributed by atoms with van der Waals surface area (Å²) in [5, 5.41) is 3.49. The number of hydrogen-bond donors (Lipinski definition) is 1. The molecule has 1 fully saturated rings. The minimum atomic E-state index is 1.000. The summed E-state index contributed by atoms with van der Waals surface area (Å²) in [5.74, 6) is 2.03. The summed E-state index contributed by atoms with van der Waals surface area (Å²) >= 11 is 0. The van der Waals surface area contributed by atoms with Crippen LogP contribution in [-0.4, -0.2) is 13.1 Å². The Morgan fingerprint density at radius 1 is 1.08 bits per heavy atom. The Hall–Kier alpha value is -0.0400. The van der Waals surface area contributed by atoms with Gasteiger partial charge in [0.1, 0.15) is 0 Å². The predicted octanol–water partition coefficient (Wildman–Crippen LogP) is 3.20. The van der Waals surface area contributed by atoms with Crippen molar-refractivity contribution in [2.45, 2.75) is 52.4 Å². The monoisotopic (exact) mass is 183 g/mol. The quantitative estimate of drug-likeness (QED) is 0.645. The van der Waals surface area contributed by atoms with Crippen LogP contribution in [0.3, 0.4) is 0 Å². The molecule has 0 bridgehead atoms. The van der Waals surface area contributed by atoms with Crippen molar-refractivity contribution in [3.8, 4) is 0 Å². The lowest BCUT2D eigenvalue weighted by Gasteiger charge is -2.26. The first-order chi connectivity index (χ1) is 6.33. The largest absolute Gasteiger partial charge is 0.317 e. The van der Waals surface area contributed by atoms with Gasteiger partial charge in [-0.1, -0.05) is 39.5 Å². The van der Waals surface area contributed by atoms with E-state index in [1.807, 2.05) is 0 Å². The summed E-state index contributed by atoms with van der Waals surface area (Å²) in [6.45, 7) is 7.07. The van der Waals surface area contributed by atoms with Gasteiger partial charge in [0.15, 0.2) is 0 Å². The van der Waals surface area contributed by atoms with Crippen molar-refractivity contribution < 1.29 is 0 Å². The van der Waals surface area contributed by atoms with Gasteiger partial charge < -0.3 is 5.32 Å². The molecule has 0 aromatic rings. The molecular formula is C12H25N. The molecule has 0 atom stereocenters. The third kappa shape index (κ3) is 4.66. The standard InChI is InChI=1S/C12H25N/c1-3-9-13-10-8-12-6-4-11(2)5-7-12/h11-13H,3-10H2,1-2H3. The van der Waals surface area contributed by atoms with Gasteiger partial charge in [0.25, 0.3) is 0 Å². The third-order valence-corrected chi connectivity index (χ3v) is 3.29. The lowest BCUT2D eigenvalue weighted by Crippen LogP contribution is -2.21. The maximum Gasteiger partial charge on any atom is -0.00463 e. The van der Waals surface area contributed by atoms with Gasteiger partial charge in [-0.05, 0) is 37.8 Å². The summed E-state index contributed by atoms with van der Waals surface area (Å²) in [6.07, 6.45) is 8.58. The molecule has 1 N–H and O–H groups in total. The van der Waals surface area contributed by atoms with E-state index in [4.69, 9.17) is 0 Å². The first-order valence-electron chi connectivity index (χ1n) is 6.03. The second kappa shape index (κ2) is 6.42. The molecule has 78 valence electrons. The maximum absolute atomic E-state index is 3.49. The van der Waals surface area contributed by atoms with Crippen molar-refractivity contribution in [2.24, 2.45) is 11.8 Å². The zero-order valence-electron chi connectivity index (χ0n) is 9.31. The molecule has 1 aliphatic carbocycles. The Morgan fingerprint density at radius 2 is 1.77 bits per heavy atom. The lowest BCUT2D eigenvalue weighted by molar-refractivity contribution is 0.275. The molecule has 0 aliphatic heterocycles. The molecule has 0 spiro atoms. The second-order valence-corrected chi connectivity index (χ2v) is 4.66. The van der Waals surface area contributed by atoms with Gasteiger partial charge >= 0.3 is 0 Å². The van der Waals surface area contributed by atoms with Crippen LogP contribution >= 0.6 is 0 Å². The van der Waals surface area contributed by atoms with E-state index in [9.17, 15) is 0 Å². The van der Waals surface area contributed by atoms with E-state index in [-0.39, 0.29) is 0 Å². The Kier molecular flexibility index (Phi) is 5.45. The SMILES string of the molecule is CCCNCCC1CCC(C)CC1. The molecule has 0 unspecified atom stereocenters. The third-order valence-electron chi connectivity index (χ3n) is 3.29. The van der Waals surface area contributed by atoms with Crippen LogP contribution in [0.15, 0.2) is 0 Å². The normalized spacial score (nSPS) is 29.1. The van der Waals surface area contributed by atoms with Gasteiger partial charge in [-0.3, -0.25) is 0 Å². The summed E-state index contributed by atoms with van der Waals surface area (Å²) < 4.78 is 0. The van der Waals surface area contributed by atoms with Crippen LogP contribution in [-0.2, 0) is 0 Å². The zero-order chi connectivity index (χ0) is 9.52. The zero-order valence-corrected chi connectivity index (χ0v) is 9.31. The summed E-state index contributed by atoms with van der Waals surface area (Å²) in [7, 11) is 0. The molecule has 0 heterocycles. The van der Waals surface area contributed by atoms with Crippen LogP contribution in [0.4, 0.5) is 0 Å². The molecular weight excluding hydrogens is 158 g/mol. The average molecular weight is 183 g/mol. The highest BCUT2D eigenvalue weighted by molar-refractivity contribution is 4.70. The molecule has 1 heteroatoms. The van der Waals surface area contributed by atoms with Crippen molar-refractivity contribution in [1.29, 1.82) is 0 Å². The molecule has 0 amide bonds. The summed E-state index contributed by atoms with van der Waals surface area (Å²) in [6, 6.07) is 0. The van der Waals surface area contributed by atoms with Gasteiger partial charge in [0.2, 0.25) is 0 Å². The van der Waals surface area contributed by atoms with Crippen LogP contribution in [0.2, 0.25) is 0 Å². The second-order valence-electron chi connectivity index (χ2n) is 4.66. The molecule has 1 nitrogen and oxygen atoms in total. The molecule has 0 aromatic heterocycles. The van der Waals surface area contributed by atoms with E-state index < -0.39 is 0 Å². The highest BCUT2D eigenvalue weighted by Crippen LogP contribution is 2.29. The fraction of sp³-hybridized carbons (Fsp3) is 1.00. The maximum atomic E-state index is 3.49. The molecule has 0 radical (unpaired) electrons. The van der Waals surface area contributed by atoms with E-state index >= 15 is 0 Å². The average Bonchev–Trinajstić information content (AvgIpc) is 2.15. The number of hydrogen-bond acceptors (Lipinski definition) is 1. The van der Waals surface area contributed by atoms with Gasteiger partial charge in [-0.15, -0.1) is 0 Å². The molecule has 0 saturated heterocycles. The topological polar surface area (TPSA) is 12.0 Å².